The highest BCUT2D eigenvalue weighted by molar-refractivity contribution is 7.25. The normalized spacial score (nSPS) is 13.1. The number of nitrogens with zero attached hydrogens (tertiary/aromatic N) is 6. The number of ether oxygens (including phenoxy) is 2. The van der Waals surface area contributed by atoms with E-state index in [1.165, 1.54) is 27.2 Å². The minimum absolute atomic E-state index is 0.0997. The summed E-state index contributed by atoms with van der Waals surface area (Å²) in [6.07, 6.45) is 2.89. The van der Waals surface area contributed by atoms with Crippen molar-refractivity contribution in [2.24, 2.45) is 0 Å². The Morgan fingerprint density at radius 3 is 2.66 bits per heavy atom. The quantitative estimate of drug-likeness (QED) is 0.112. The van der Waals surface area contributed by atoms with E-state index < -0.39 is 6.09 Å². The molecule has 5 aromatic heterocycles. The molecule has 5 heterocycles. The Labute approximate surface area is 311 Å². The Hall–Kier alpha value is -6.24. The van der Waals surface area contributed by atoms with Crippen LogP contribution >= 0.6 is 22.7 Å². The molecule has 53 heavy (non-hydrogen) atoms. The molecule has 0 saturated carbocycles. The van der Waals surface area contributed by atoms with E-state index >= 15 is 0 Å². The number of aromatic nitrogens is 5. The molecule has 8 rings (SSSR count). The molecule has 13 nitrogen and oxygen atoms in total. The van der Waals surface area contributed by atoms with Gasteiger partial charge in [0, 0.05) is 28.8 Å². The molecule has 0 saturated heterocycles. The summed E-state index contributed by atoms with van der Waals surface area (Å²) >= 11 is 3.39. The van der Waals surface area contributed by atoms with Crippen LogP contribution in [0.4, 0.5) is 15.7 Å². The third-order valence-corrected chi connectivity index (χ3v) is 11.6. The summed E-state index contributed by atoms with van der Waals surface area (Å²) in [5.74, 6) is 0.726. The lowest BCUT2D eigenvalue weighted by Gasteiger charge is -2.20. The SMILES string of the molecule is CN(CCOC(=O)NCc1ccc(COc2nc(N)nc3[nH]cnc23)cc1)c1cc2c(s1)-c1sc(/C=C(/C#N)c3nc4ccccc4o3)cc1C2(C)C. The van der Waals surface area contributed by atoms with Gasteiger partial charge in [0.1, 0.15) is 30.4 Å². The van der Waals surface area contributed by atoms with Crippen LogP contribution in [0.3, 0.4) is 0 Å². The predicted molar refractivity (Wildman–Crippen MR) is 206 cm³/mol. The fourth-order valence-electron chi connectivity index (χ4n) is 6.17. The molecule has 4 N–H and O–H groups in total. The number of aromatic amines is 1. The first-order chi connectivity index (χ1) is 25.7. The molecule has 0 fully saturated rings. The number of rotatable bonds is 11. The number of hydrogen-bond donors (Lipinski definition) is 3. The number of nitriles is 1. The molecule has 7 aromatic rings. The molecular weight excluding hydrogens is 711 g/mol. The van der Waals surface area contributed by atoms with Crippen LogP contribution < -0.4 is 20.7 Å². The van der Waals surface area contributed by atoms with Crippen molar-refractivity contribution in [3.8, 4) is 21.7 Å². The number of allylic oxidation sites excluding steroid dienone is 1. The molecule has 0 unspecified atom stereocenters. The van der Waals surface area contributed by atoms with Crippen molar-refractivity contribution in [2.45, 2.75) is 32.4 Å². The van der Waals surface area contributed by atoms with Gasteiger partial charge >= 0.3 is 6.09 Å². The number of amides is 1. The number of oxazole rings is 1. The van der Waals surface area contributed by atoms with E-state index in [-0.39, 0.29) is 24.6 Å². The number of thiophene rings is 2. The molecule has 1 aliphatic rings. The lowest BCUT2D eigenvalue weighted by molar-refractivity contribution is 0.148. The molecule has 2 aromatic carbocycles. The average Bonchev–Trinajstić information content (AvgIpc) is 3.98. The second-order valence-electron chi connectivity index (χ2n) is 13.0. The van der Waals surface area contributed by atoms with Crippen molar-refractivity contribution < 1.29 is 18.7 Å². The fraction of sp³-hybridized carbons (Fsp3) is 0.211. The number of H-pyrrole nitrogens is 1. The zero-order valence-corrected chi connectivity index (χ0v) is 30.6. The molecular formula is C38H33N9O4S2. The number of anilines is 2. The van der Waals surface area contributed by atoms with Gasteiger partial charge in [0.25, 0.3) is 0 Å². The van der Waals surface area contributed by atoms with E-state index in [1.807, 2.05) is 61.7 Å². The minimum Gasteiger partial charge on any atom is -0.471 e. The van der Waals surface area contributed by atoms with Gasteiger partial charge in [-0.3, -0.25) is 0 Å². The summed E-state index contributed by atoms with van der Waals surface area (Å²) in [6.45, 7) is 5.81. The fourth-order valence-corrected chi connectivity index (χ4v) is 8.90. The van der Waals surface area contributed by atoms with Gasteiger partial charge in [-0.05, 0) is 52.6 Å². The van der Waals surface area contributed by atoms with Crippen LogP contribution in [-0.4, -0.2) is 51.2 Å². The molecule has 0 radical (unpaired) electrons. The van der Waals surface area contributed by atoms with Crippen molar-refractivity contribution in [1.82, 2.24) is 30.2 Å². The lowest BCUT2D eigenvalue weighted by atomic mass is 9.84. The molecule has 0 aliphatic heterocycles. The van der Waals surface area contributed by atoms with Gasteiger partial charge in [-0.15, -0.1) is 22.7 Å². The highest BCUT2D eigenvalue weighted by atomic mass is 32.1. The van der Waals surface area contributed by atoms with E-state index in [4.69, 9.17) is 19.6 Å². The summed E-state index contributed by atoms with van der Waals surface area (Å²) in [7, 11) is 2.00. The first-order valence-electron chi connectivity index (χ1n) is 16.7. The number of hydrogen-bond acceptors (Lipinski definition) is 13. The Morgan fingerprint density at radius 2 is 1.85 bits per heavy atom. The van der Waals surface area contributed by atoms with Crippen LogP contribution in [0, 0.1) is 11.3 Å². The van der Waals surface area contributed by atoms with E-state index in [0.717, 1.165) is 26.5 Å². The van der Waals surface area contributed by atoms with Gasteiger partial charge < -0.3 is 34.8 Å². The van der Waals surface area contributed by atoms with Gasteiger partial charge in [0.05, 0.1) is 22.8 Å². The summed E-state index contributed by atoms with van der Waals surface area (Å²) in [5, 5.41) is 13.9. The summed E-state index contributed by atoms with van der Waals surface area (Å²) in [6, 6.07) is 21.8. The molecule has 15 heteroatoms. The van der Waals surface area contributed by atoms with Crippen LogP contribution in [0.5, 0.6) is 5.88 Å². The number of likely N-dealkylation sites (N-methyl/N-ethyl adjacent to an activating group) is 1. The standard InChI is InChI=1S/C38H33N9O4S2/c1-38(2)25-15-24(14-23(17-39)34-44-27-6-4-5-7-28(27)51-34)52-31(25)32-26(38)16-29(53-32)47(3)12-13-49-37(48)41-18-21-8-10-22(11-9-21)19-50-35-30-33(43-20-42-30)45-36(40)46-35/h4-11,14-16,20H,12-13,18-19H2,1-3H3,(H,41,48)(H3,40,42,43,45,46)/b23-14-. The van der Waals surface area contributed by atoms with Crippen LogP contribution in [0.2, 0.25) is 0 Å². The van der Waals surface area contributed by atoms with Crippen LogP contribution in [0.25, 0.3) is 43.7 Å². The largest absolute Gasteiger partial charge is 0.471 e. The first-order valence-corrected chi connectivity index (χ1v) is 18.4. The first kappa shape index (κ1) is 33.9. The minimum atomic E-state index is -0.483. The number of fused-ring (bicyclic) bond motifs is 5. The Balaban J connectivity index is 0.839. The molecule has 0 atom stereocenters. The second-order valence-corrected chi connectivity index (χ2v) is 15.1. The van der Waals surface area contributed by atoms with Crippen molar-refractivity contribution in [3.05, 3.63) is 100 Å². The van der Waals surface area contributed by atoms with Crippen molar-refractivity contribution in [2.75, 3.05) is 30.8 Å². The summed E-state index contributed by atoms with van der Waals surface area (Å²) < 4.78 is 17.2. The third-order valence-electron chi connectivity index (χ3n) is 9.09. The zero-order valence-electron chi connectivity index (χ0n) is 29.0. The number of nitrogens with one attached hydrogen (secondary N) is 2. The zero-order chi connectivity index (χ0) is 36.7. The lowest BCUT2D eigenvalue weighted by Crippen LogP contribution is -2.28. The molecule has 1 amide bonds. The third kappa shape index (κ3) is 6.65. The molecule has 1 aliphatic carbocycles. The smallest absolute Gasteiger partial charge is 0.407 e. The van der Waals surface area contributed by atoms with Gasteiger partial charge in [0.15, 0.2) is 16.7 Å². The number of para-hydroxylation sites is 2. The Kier molecular flexibility index (Phi) is 8.77. The topological polar surface area (TPSA) is 181 Å². The Bertz CT molecular complexity index is 2520. The monoisotopic (exact) mass is 743 g/mol. The number of carbonyl (C=O) groups excluding carboxylic acids is 1. The highest BCUT2D eigenvalue weighted by Crippen LogP contribution is 2.57. The van der Waals surface area contributed by atoms with Crippen LogP contribution in [0.1, 0.15) is 46.9 Å². The van der Waals surface area contributed by atoms with E-state index in [0.29, 0.717) is 47.2 Å². The second kappa shape index (κ2) is 13.7. The van der Waals surface area contributed by atoms with E-state index in [2.05, 4.69) is 67.2 Å². The maximum absolute atomic E-state index is 12.5. The van der Waals surface area contributed by atoms with Crippen molar-refractivity contribution in [3.63, 3.8) is 0 Å². The summed E-state index contributed by atoms with van der Waals surface area (Å²) in [4.78, 5) is 37.9. The van der Waals surface area contributed by atoms with Crippen LogP contribution in [0.15, 0.2) is 71.4 Å². The molecule has 0 bridgehead atoms. The predicted octanol–water partition coefficient (Wildman–Crippen LogP) is 7.51. The number of carbonyl (C=O) groups is 1. The van der Waals surface area contributed by atoms with Crippen molar-refractivity contribution >= 4 is 73.6 Å². The highest BCUT2D eigenvalue weighted by Gasteiger charge is 2.39. The van der Waals surface area contributed by atoms with Crippen molar-refractivity contribution in [1.29, 1.82) is 5.26 Å². The number of nitrogens with two attached hydrogens (primary N) is 1. The number of nitrogen functional groups attached to an aromatic ring is 1. The van der Waals surface area contributed by atoms with Gasteiger partial charge in [-0.2, -0.15) is 15.2 Å². The van der Waals surface area contributed by atoms with E-state index in [1.54, 1.807) is 22.7 Å². The maximum atomic E-state index is 12.5. The molecule has 0 spiro atoms. The van der Waals surface area contributed by atoms with Crippen LogP contribution in [-0.2, 0) is 23.3 Å². The number of imidazole rings is 1. The molecule has 266 valence electrons. The Morgan fingerprint density at radius 1 is 1.08 bits per heavy atom. The summed E-state index contributed by atoms with van der Waals surface area (Å²) in [5.41, 5.74) is 12.7. The number of alkyl carbamates (subject to hydrolysis) is 1. The van der Waals surface area contributed by atoms with Gasteiger partial charge in [0.2, 0.25) is 17.7 Å². The van der Waals surface area contributed by atoms with Gasteiger partial charge in [-0.25, -0.2) is 14.8 Å². The van der Waals surface area contributed by atoms with Gasteiger partial charge in [-0.1, -0.05) is 50.2 Å². The maximum Gasteiger partial charge on any atom is 0.407 e. The van der Waals surface area contributed by atoms with E-state index in [9.17, 15) is 10.1 Å². The number of benzene rings is 2. The average molecular weight is 744 g/mol.